The van der Waals surface area contributed by atoms with Crippen LogP contribution in [0.3, 0.4) is 0 Å². The highest BCUT2D eigenvalue weighted by Gasteiger charge is 2.33. The van der Waals surface area contributed by atoms with Gasteiger partial charge in [0.2, 0.25) is 0 Å². The molecule has 6 rings (SSSR count). The molecule has 35 heavy (non-hydrogen) atoms. The predicted molar refractivity (Wildman–Crippen MR) is 139 cm³/mol. The number of nitrogens with zero attached hydrogens (tertiary/aromatic N) is 3. The summed E-state index contributed by atoms with van der Waals surface area (Å²) in [6.45, 7) is 3.06. The third kappa shape index (κ3) is 4.46. The van der Waals surface area contributed by atoms with Crippen LogP contribution in [-0.2, 0) is 13.0 Å². The van der Waals surface area contributed by atoms with Crippen molar-refractivity contribution in [2.24, 2.45) is 0 Å². The molecule has 1 fully saturated rings. The maximum atomic E-state index is 13.5. The Morgan fingerprint density at radius 3 is 2.69 bits per heavy atom. The number of anilines is 1. The van der Waals surface area contributed by atoms with E-state index in [2.05, 4.69) is 41.3 Å². The van der Waals surface area contributed by atoms with Crippen molar-refractivity contribution < 1.29 is 9.53 Å². The normalized spacial score (nSPS) is 17.6. The van der Waals surface area contributed by atoms with Crippen LogP contribution >= 0.6 is 0 Å². The molecule has 0 saturated carbocycles. The fourth-order valence-corrected chi connectivity index (χ4v) is 5.29. The second kappa shape index (κ2) is 9.41. The Morgan fingerprint density at radius 2 is 1.77 bits per heavy atom. The molecule has 0 spiro atoms. The lowest BCUT2D eigenvalue weighted by Gasteiger charge is -2.35. The summed E-state index contributed by atoms with van der Waals surface area (Å²) in [6, 6.07) is 28.6. The van der Waals surface area contributed by atoms with Gasteiger partial charge in [0.25, 0.3) is 5.91 Å². The van der Waals surface area contributed by atoms with Gasteiger partial charge in [0.15, 0.2) is 0 Å². The summed E-state index contributed by atoms with van der Waals surface area (Å²) in [5.74, 6) is 1.03. The van der Waals surface area contributed by atoms with Crippen molar-refractivity contribution in [2.45, 2.75) is 31.9 Å². The number of rotatable bonds is 6. The summed E-state index contributed by atoms with van der Waals surface area (Å²) in [5.41, 5.74) is 5.04. The summed E-state index contributed by atoms with van der Waals surface area (Å²) >= 11 is 0. The monoisotopic (exact) mass is 463 g/mol. The zero-order chi connectivity index (χ0) is 23.6. The number of ether oxygens (including phenoxy) is 1. The van der Waals surface area contributed by atoms with Gasteiger partial charge in [0, 0.05) is 42.8 Å². The SMILES string of the molecule is O=C1c2c(cccc2N2CCCC(Oc3ccccc3)C2)CN1CCc1ccc2ccccc2n1. The molecule has 176 valence electrons. The van der Waals surface area contributed by atoms with Gasteiger partial charge in [0.1, 0.15) is 11.9 Å². The molecule has 4 aromatic rings. The number of piperidine rings is 1. The zero-order valence-electron chi connectivity index (χ0n) is 19.8. The summed E-state index contributed by atoms with van der Waals surface area (Å²) in [6.07, 6.45) is 2.94. The second-order valence-electron chi connectivity index (χ2n) is 9.42. The van der Waals surface area contributed by atoms with Gasteiger partial charge in [-0.1, -0.05) is 54.6 Å². The van der Waals surface area contributed by atoms with Crippen LogP contribution in [0.25, 0.3) is 10.9 Å². The average molecular weight is 464 g/mol. The second-order valence-corrected chi connectivity index (χ2v) is 9.42. The fraction of sp³-hybridized carbons (Fsp3) is 0.267. The number of hydrogen-bond acceptors (Lipinski definition) is 4. The van der Waals surface area contributed by atoms with E-state index in [1.54, 1.807) is 0 Å². The molecule has 0 radical (unpaired) electrons. The van der Waals surface area contributed by atoms with Gasteiger partial charge in [-0.2, -0.15) is 0 Å². The summed E-state index contributed by atoms with van der Waals surface area (Å²) in [5, 5.41) is 1.14. The highest BCUT2D eigenvalue weighted by Crippen LogP contribution is 2.34. The Kier molecular flexibility index (Phi) is 5.83. The maximum absolute atomic E-state index is 13.5. The van der Waals surface area contributed by atoms with E-state index >= 15 is 0 Å². The van der Waals surface area contributed by atoms with Crippen LogP contribution < -0.4 is 9.64 Å². The molecule has 5 nitrogen and oxygen atoms in total. The fourth-order valence-electron chi connectivity index (χ4n) is 5.29. The Labute approximate surface area is 206 Å². The van der Waals surface area contributed by atoms with Crippen molar-refractivity contribution in [3.63, 3.8) is 0 Å². The molecule has 1 unspecified atom stereocenters. The highest BCUT2D eigenvalue weighted by molar-refractivity contribution is 6.03. The summed E-state index contributed by atoms with van der Waals surface area (Å²) in [4.78, 5) is 22.6. The number of para-hydroxylation sites is 2. The van der Waals surface area contributed by atoms with Crippen LogP contribution in [0.4, 0.5) is 5.69 Å². The first-order valence-corrected chi connectivity index (χ1v) is 12.5. The van der Waals surface area contributed by atoms with E-state index in [-0.39, 0.29) is 12.0 Å². The number of aromatic nitrogens is 1. The van der Waals surface area contributed by atoms with Crippen LogP contribution in [0.5, 0.6) is 5.75 Å². The first-order valence-electron chi connectivity index (χ1n) is 12.5. The Bertz CT molecular complexity index is 1350. The molecule has 3 aromatic carbocycles. The van der Waals surface area contributed by atoms with E-state index < -0.39 is 0 Å². The minimum absolute atomic E-state index is 0.119. The van der Waals surface area contributed by atoms with Crippen molar-refractivity contribution >= 4 is 22.5 Å². The largest absolute Gasteiger partial charge is 0.489 e. The first kappa shape index (κ1) is 21.7. The lowest BCUT2D eigenvalue weighted by molar-refractivity contribution is 0.0780. The van der Waals surface area contributed by atoms with Crippen molar-refractivity contribution in [1.29, 1.82) is 0 Å². The molecule has 5 heteroatoms. The van der Waals surface area contributed by atoms with E-state index in [9.17, 15) is 4.79 Å². The lowest BCUT2D eigenvalue weighted by Crippen LogP contribution is -2.42. The molecule has 1 amide bonds. The summed E-state index contributed by atoms with van der Waals surface area (Å²) in [7, 11) is 0. The molecular weight excluding hydrogens is 434 g/mol. The smallest absolute Gasteiger partial charge is 0.256 e. The third-order valence-electron chi connectivity index (χ3n) is 7.05. The van der Waals surface area contributed by atoms with Crippen LogP contribution in [0, 0.1) is 0 Å². The van der Waals surface area contributed by atoms with Gasteiger partial charge >= 0.3 is 0 Å². The molecule has 1 atom stereocenters. The number of amides is 1. The number of pyridine rings is 1. The number of carbonyl (C=O) groups is 1. The molecule has 1 aromatic heterocycles. The topological polar surface area (TPSA) is 45.7 Å². The number of fused-ring (bicyclic) bond motifs is 2. The Balaban J connectivity index is 1.16. The minimum Gasteiger partial charge on any atom is -0.489 e. The van der Waals surface area contributed by atoms with Crippen molar-refractivity contribution in [1.82, 2.24) is 9.88 Å². The zero-order valence-corrected chi connectivity index (χ0v) is 19.8. The number of hydrogen-bond donors (Lipinski definition) is 0. The highest BCUT2D eigenvalue weighted by atomic mass is 16.5. The number of benzene rings is 3. The van der Waals surface area contributed by atoms with E-state index in [1.807, 2.05) is 53.4 Å². The molecule has 0 aliphatic carbocycles. The third-order valence-corrected chi connectivity index (χ3v) is 7.05. The van der Waals surface area contributed by atoms with Gasteiger partial charge in [-0.05, 0) is 48.7 Å². The molecule has 0 N–H and O–H groups in total. The molecule has 2 aliphatic rings. The molecular formula is C30H29N3O2. The van der Waals surface area contributed by atoms with Gasteiger partial charge in [0.05, 0.1) is 17.6 Å². The van der Waals surface area contributed by atoms with Crippen LogP contribution in [0.2, 0.25) is 0 Å². The van der Waals surface area contributed by atoms with E-state index in [0.29, 0.717) is 13.1 Å². The molecule has 3 heterocycles. The van der Waals surface area contributed by atoms with Crippen molar-refractivity contribution in [3.8, 4) is 5.75 Å². The standard InChI is InChI=1S/C30H29N3O2/c34-30-29-23(20-33(30)19-17-24-16-15-22-8-4-5-13-27(22)31-24)9-6-14-28(29)32-18-7-12-26(21-32)35-25-10-2-1-3-11-25/h1-6,8-11,13-16,26H,7,12,17-21H2. The minimum atomic E-state index is 0.119. The molecule has 2 aliphatic heterocycles. The van der Waals surface area contributed by atoms with E-state index in [0.717, 1.165) is 71.5 Å². The average Bonchev–Trinajstić information content (AvgIpc) is 3.23. The lowest BCUT2D eigenvalue weighted by atomic mass is 10.0. The molecule has 0 bridgehead atoms. The maximum Gasteiger partial charge on any atom is 0.256 e. The van der Waals surface area contributed by atoms with Gasteiger partial charge in [-0.15, -0.1) is 0 Å². The summed E-state index contributed by atoms with van der Waals surface area (Å²) < 4.78 is 6.25. The molecule has 1 saturated heterocycles. The predicted octanol–water partition coefficient (Wildman–Crippen LogP) is 5.48. The number of carbonyl (C=O) groups excluding carboxylic acids is 1. The van der Waals surface area contributed by atoms with E-state index in [1.165, 1.54) is 0 Å². The Morgan fingerprint density at radius 1 is 0.914 bits per heavy atom. The van der Waals surface area contributed by atoms with Crippen LogP contribution in [0.15, 0.2) is 84.9 Å². The van der Waals surface area contributed by atoms with Gasteiger partial charge in [-0.25, -0.2) is 0 Å². The first-order chi connectivity index (χ1) is 17.2. The van der Waals surface area contributed by atoms with Gasteiger partial charge in [-0.3, -0.25) is 9.78 Å². The van der Waals surface area contributed by atoms with Crippen molar-refractivity contribution in [3.05, 3.63) is 102 Å². The van der Waals surface area contributed by atoms with Crippen molar-refractivity contribution in [2.75, 3.05) is 24.5 Å². The van der Waals surface area contributed by atoms with Crippen LogP contribution in [0.1, 0.15) is 34.5 Å². The quantitative estimate of drug-likeness (QED) is 0.380. The van der Waals surface area contributed by atoms with Gasteiger partial charge < -0.3 is 14.5 Å². The van der Waals surface area contributed by atoms with E-state index in [4.69, 9.17) is 9.72 Å². The van der Waals surface area contributed by atoms with Crippen LogP contribution in [-0.4, -0.2) is 41.5 Å². The Hall–Kier alpha value is -3.86.